The maximum Gasteiger partial charge on any atom is 0.154 e. The molecule has 0 unspecified atom stereocenters. The predicted octanol–water partition coefficient (Wildman–Crippen LogP) is 20.8. The molecular formula is C74H63N5O3. The summed E-state index contributed by atoms with van der Waals surface area (Å²) in [5.74, 6) is 3.68. The average Bonchev–Trinajstić information content (AvgIpc) is 2.98. The Morgan fingerprint density at radius 2 is 0.902 bits per heavy atom. The fourth-order valence-electron chi connectivity index (χ4n) is 12.3. The molecule has 0 atom stereocenters. The molecule has 5 heterocycles. The van der Waals surface area contributed by atoms with E-state index in [1.165, 1.54) is 50.2 Å². The number of aryl methyl sites for hydroxylation is 1. The van der Waals surface area contributed by atoms with Crippen molar-refractivity contribution in [2.24, 2.45) is 0 Å². The summed E-state index contributed by atoms with van der Waals surface area (Å²) in [6.45, 7) is 20.3. The second kappa shape index (κ2) is 19.9. The van der Waals surface area contributed by atoms with Gasteiger partial charge in [0.05, 0.1) is 44.4 Å². The molecule has 14 aromatic rings. The van der Waals surface area contributed by atoms with Gasteiger partial charge in [0.15, 0.2) is 5.58 Å². The number of benzene rings is 9. The zero-order valence-electron chi connectivity index (χ0n) is 47.7. The molecule has 82 heavy (non-hydrogen) atoms. The molecule has 0 fully saturated rings. The third-order valence-corrected chi connectivity index (χ3v) is 16.3. The number of pyridine rings is 1. The minimum atomic E-state index is 0.174. The molecule has 0 amide bonds. The monoisotopic (exact) mass is 1070 g/mol. The van der Waals surface area contributed by atoms with Crippen molar-refractivity contribution in [1.82, 2.24) is 24.1 Å². The molecule has 0 N–H and O–H groups in total. The van der Waals surface area contributed by atoms with Crippen LogP contribution in [0.2, 0.25) is 0 Å². The zero-order chi connectivity index (χ0) is 56.1. The molecule has 9 aromatic carbocycles. The molecule has 8 nitrogen and oxygen atoms in total. The van der Waals surface area contributed by atoms with Crippen molar-refractivity contribution < 1.29 is 13.6 Å². The average molecular weight is 1070 g/mol. The molecule has 0 aliphatic carbocycles. The third-order valence-electron chi connectivity index (χ3n) is 16.3. The molecule has 0 saturated heterocycles. The van der Waals surface area contributed by atoms with Gasteiger partial charge in [0, 0.05) is 22.0 Å². The summed E-state index contributed by atoms with van der Waals surface area (Å²) in [4.78, 5) is 16.1. The van der Waals surface area contributed by atoms with Crippen molar-refractivity contribution in [3.63, 3.8) is 0 Å². The van der Waals surface area contributed by atoms with Crippen LogP contribution >= 0.6 is 0 Å². The van der Waals surface area contributed by atoms with Crippen LogP contribution in [0.3, 0.4) is 0 Å². The van der Waals surface area contributed by atoms with E-state index < -0.39 is 0 Å². The lowest BCUT2D eigenvalue weighted by Crippen LogP contribution is -2.09. The minimum absolute atomic E-state index is 0.174. The molecule has 0 bridgehead atoms. The van der Waals surface area contributed by atoms with Crippen LogP contribution in [0.25, 0.3) is 122 Å². The van der Waals surface area contributed by atoms with Crippen molar-refractivity contribution in [3.05, 3.63) is 222 Å². The van der Waals surface area contributed by atoms with Gasteiger partial charge in [-0.1, -0.05) is 152 Å². The van der Waals surface area contributed by atoms with E-state index in [0.717, 1.165) is 77.9 Å². The zero-order valence-corrected chi connectivity index (χ0v) is 47.7. The smallest absolute Gasteiger partial charge is 0.154 e. The summed E-state index contributed by atoms with van der Waals surface area (Å²) < 4.78 is 25.8. The molecule has 0 radical (unpaired) electrons. The van der Waals surface area contributed by atoms with Crippen molar-refractivity contribution in [1.29, 1.82) is 0 Å². The highest BCUT2D eigenvalue weighted by Crippen LogP contribution is 2.48. The summed E-state index contributed by atoms with van der Waals surface area (Å²) in [6.07, 6.45) is 0. The van der Waals surface area contributed by atoms with Crippen LogP contribution in [0.1, 0.15) is 107 Å². The Morgan fingerprint density at radius 1 is 0.390 bits per heavy atom. The van der Waals surface area contributed by atoms with Gasteiger partial charge in [-0.25, -0.2) is 15.0 Å². The Labute approximate surface area is 477 Å². The van der Waals surface area contributed by atoms with Gasteiger partial charge >= 0.3 is 0 Å². The topological polar surface area (TPSA) is 84.0 Å². The number of aromatic nitrogens is 5. The Balaban J connectivity index is 0.995. The summed E-state index contributed by atoms with van der Waals surface area (Å²) in [5.41, 5.74) is 22.1. The van der Waals surface area contributed by atoms with Crippen molar-refractivity contribution >= 4 is 66.1 Å². The highest BCUT2D eigenvalue weighted by atomic mass is 16.5. The number of para-hydroxylation sites is 4. The van der Waals surface area contributed by atoms with Crippen LogP contribution in [0, 0.1) is 6.92 Å². The van der Waals surface area contributed by atoms with Crippen molar-refractivity contribution in [2.45, 2.75) is 86.0 Å². The highest BCUT2D eigenvalue weighted by molar-refractivity contribution is 6.22. The van der Waals surface area contributed by atoms with E-state index in [2.05, 4.69) is 234 Å². The number of fused-ring (bicyclic) bond motifs is 9. The molecule has 14 rings (SSSR count). The molecular weight excluding hydrogens is 1010 g/mol. The fraction of sp³-hybridized carbons (Fsp3) is 0.176. The molecule has 402 valence electrons. The van der Waals surface area contributed by atoms with Crippen LogP contribution in [-0.4, -0.2) is 24.1 Å². The Bertz CT molecular complexity index is 4740. The number of hydrogen-bond acceptors (Lipinski definition) is 6. The number of furan rings is 2. The van der Waals surface area contributed by atoms with Crippen molar-refractivity contribution in [2.75, 3.05) is 0 Å². The molecule has 8 heteroatoms. The molecule has 0 aliphatic heterocycles. The fourth-order valence-corrected chi connectivity index (χ4v) is 12.3. The van der Waals surface area contributed by atoms with Gasteiger partial charge in [-0.05, 0) is 172 Å². The number of ether oxygens (including phenoxy) is 1. The van der Waals surface area contributed by atoms with Crippen LogP contribution in [0.4, 0.5) is 0 Å². The SMILES string of the molecule is Cc1ccc2oc3ccc4c5cc(Oc6cccc(-c7nc8ccccc8n7-c7c(C(C)C)cc(-c8ccccc8)cc7C(C)C)c6)cc(-c6nc7ccccc7n6-c6c(C(C)C)cc(-c7ccccc7)cc6C(C)C)c5oc4c3c2n1. The van der Waals surface area contributed by atoms with Gasteiger partial charge in [-0.15, -0.1) is 0 Å². The number of hydrogen-bond donors (Lipinski definition) is 0. The molecule has 0 saturated carbocycles. The first-order chi connectivity index (χ1) is 39.9. The predicted molar refractivity (Wildman–Crippen MR) is 337 cm³/mol. The standard InChI is InChI=1S/C74H63N5O3/c1-42(2)55-36-50(47-21-12-10-13-22-47)37-56(43(3)4)69(55)78-63-29-18-16-27-61(63)76-73(78)49-25-20-26-52(35-49)80-53-40-59-54-32-34-65-67(68-66(81-65)33-31-46(9)75-68)72(54)82-71(59)60(41-53)74-77-62-28-17-19-30-64(62)79(74)70-57(44(5)6)38-51(39-58(70)45(7)8)48-23-14-11-15-24-48/h10-45H,1-9H3. The number of rotatable bonds is 12. The maximum absolute atomic E-state index is 7.31. The first-order valence-corrected chi connectivity index (χ1v) is 28.8. The van der Waals surface area contributed by atoms with Crippen LogP contribution in [0.5, 0.6) is 11.5 Å². The van der Waals surface area contributed by atoms with Crippen LogP contribution in [-0.2, 0) is 0 Å². The Morgan fingerprint density at radius 3 is 1.48 bits per heavy atom. The van der Waals surface area contributed by atoms with E-state index in [-0.39, 0.29) is 23.7 Å². The van der Waals surface area contributed by atoms with Gasteiger partial charge in [-0.2, -0.15) is 0 Å². The van der Waals surface area contributed by atoms with E-state index in [4.69, 9.17) is 28.5 Å². The minimum Gasteiger partial charge on any atom is -0.457 e. The summed E-state index contributed by atoms with van der Waals surface area (Å²) in [6, 6.07) is 68.6. The third kappa shape index (κ3) is 8.46. The summed E-state index contributed by atoms with van der Waals surface area (Å²) in [5, 5.41) is 2.64. The highest BCUT2D eigenvalue weighted by Gasteiger charge is 2.29. The molecule has 0 aliphatic rings. The first kappa shape index (κ1) is 50.7. The Kier molecular flexibility index (Phi) is 12.3. The van der Waals surface area contributed by atoms with E-state index >= 15 is 0 Å². The van der Waals surface area contributed by atoms with Crippen molar-refractivity contribution in [3.8, 4) is 67.9 Å². The summed E-state index contributed by atoms with van der Waals surface area (Å²) >= 11 is 0. The first-order valence-electron chi connectivity index (χ1n) is 28.8. The van der Waals surface area contributed by atoms with Gasteiger partial charge in [0.25, 0.3) is 0 Å². The summed E-state index contributed by atoms with van der Waals surface area (Å²) in [7, 11) is 0. The van der Waals surface area contributed by atoms with Gasteiger partial charge < -0.3 is 13.6 Å². The lowest BCUT2D eigenvalue weighted by Gasteiger charge is -2.24. The van der Waals surface area contributed by atoms with E-state index in [9.17, 15) is 0 Å². The number of imidazole rings is 2. The molecule has 5 aromatic heterocycles. The Hall–Kier alpha value is -9.53. The van der Waals surface area contributed by atoms with Crippen LogP contribution < -0.4 is 4.74 Å². The van der Waals surface area contributed by atoms with Gasteiger partial charge in [0.2, 0.25) is 0 Å². The quantitative estimate of drug-likeness (QED) is 0.121. The van der Waals surface area contributed by atoms with Crippen LogP contribution in [0.15, 0.2) is 203 Å². The second-order valence-electron chi connectivity index (χ2n) is 23.2. The largest absolute Gasteiger partial charge is 0.457 e. The van der Waals surface area contributed by atoms with Gasteiger partial charge in [0.1, 0.15) is 45.4 Å². The lowest BCUT2D eigenvalue weighted by atomic mass is 9.88. The lowest BCUT2D eigenvalue weighted by molar-refractivity contribution is 0.483. The molecule has 0 spiro atoms. The van der Waals surface area contributed by atoms with E-state index in [0.29, 0.717) is 33.8 Å². The normalized spacial score (nSPS) is 12.2. The van der Waals surface area contributed by atoms with Gasteiger partial charge in [-0.3, -0.25) is 9.13 Å². The second-order valence-corrected chi connectivity index (χ2v) is 23.2. The maximum atomic E-state index is 7.31. The number of nitrogens with zero attached hydrogens (tertiary/aromatic N) is 5. The van der Waals surface area contributed by atoms with E-state index in [1.54, 1.807) is 0 Å². The van der Waals surface area contributed by atoms with E-state index in [1.807, 2.05) is 31.2 Å².